The van der Waals surface area contributed by atoms with Gasteiger partial charge in [-0.1, -0.05) is 19.0 Å². The van der Waals surface area contributed by atoms with Crippen molar-refractivity contribution in [3.63, 3.8) is 0 Å². The van der Waals surface area contributed by atoms with Crippen LogP contribution < -0.4 is 5.32 Å². The Kier molecular flexibility index (Phi) is 4.63. The second-order valence-corrected chi connectivity index (χ2v) is 5.06. The highest BCUT2D eigenvalue weighted by Gasteiger charge is 2.38. The lowest BCUT2D eigenvalue weighted by molar-refractivity contribution is -0.153. The second-order valence-electron chi connectivity index (χ2n) is 5.06. The van der Waals surface area contributed by atoms with Crippen LogP contribution in [0.5, 0.6) is 0 Å². The van der Waals surface area contributed by atoms with E-state index >= 15 is 0 Å². The van der Waals surface area contributed by atoms with E-state index < -0.39 is 11.4 Å². The minimum atomic E-state index is -1.09. The maximum absolute atomic E-state index is 11.8. The minimum absolute atomic E-state index is 0.0865. The molecule has 0 saturated carbocycles. The van der Waals surface area contributed by atoms with E-state index in [0.717, 1.165) is 0 Å². The Morgan fingerprint density at radius 2 is 2.11 bits per heavy atom. The Labute approximate surface area is 111 Å². The summed E-state index contributed by atoms with van der Waals surface area (Å²) >= 11 is 0. The van der Waals surface area contributed by atoms with Gasteiger partial charge in [-0.2, -0.15) is 4.98 Å². The fraction of sp³-hybridized carbons (Fsp3) is 0.667. The number of rotatable bonds is 6. The number of carboxylic acids is 1. The Bertz CT molecular complexity index is 469. The highest BCUT2D eigenvalue weighted by Crippen LogP contribution is 2.31. The van der Waals surface area contributed by atoms with Crippen LogP contribution in [0.15, 0.2) is 4.52 Å². The van der Waals surface area contributed by atoms with Gasteiger partial charge in [-0.3, -0.25) is 9.59 Å². The molecule has 7 nitrogen and oxygen atoms in total. The van der Waals surface area contributed by atoms with Gasteiger partial charge in [0, 0.05) is 13.3 Å². The Morgan fingerprint density at radius 1 is 1.47 bits per heavy atom. The van der Waals surface area contributed by atoms with Gasteiger partial charge in [-0.15, -0.1) is 0 Å². The molecule has 0 aliphatic carbocycles. The van der Waals surface area contributed by atoms with E-state index in [2.05, 4.69) is 15.5 Å². The average Bonchev–Trinajstić information content (AvgIpc) is 2.72. The monoisotopic (exact) mass is 269 g/mol. The molecule has 1 amide bonds. The molecule has 0 radical (unpaired) electrons. The van der Waals surface area contributed by atoms with Gasteiger partial charge in [0.05, 0.1) is 12.0 Å². The number of hydrogen-bond acceptors (Lipinski definition) is 5. The molecule has 0 spiro atoms. The zero-order valence-electron chi connectivity index (χ0n) is 11.6. The number of carbonyl (C=O) groups excluding carboxylic acids is 1. The predicted molar refractivity (Wildman–Crippen MR) is 66.1 cm³/mol. The minimum Gasteiger partial charge on any atom is -0.481 e. The van der Waals surface area contributed by atoms with E-state index in [0.29, 0.717) is 11.7 Å². The standard InChI is InChI=1S/C12H19N3O4/c1-7(2)12(4,11(17)18)5-10(16)13-6-9-14-8(3)19-15-9/h7H,5-6H2,1-4H3,(H,13,16)(H,17,18). The number of carbonyl (C=O) groups is 2. The molecule has 2 N–H and O–H groups in total. The van der Waals surface area contributed by atoms with Gasteiger partial charge in [0.2, 0.25) is 11.8 Å². The van der Waals surface area contributed by atoms with Gasteiger partial charge < -0.3 is 14.9 Å². The molecule has 7 heteroatoms. The fourth-order valence-corrected chi connectivity index (χ4v) is 1.51. The maximum Gasteiger partial charge on any atom is 0.310 e. The van der Waals surface area contributed by atoms with E-state index in [1.165, 1.54) is 0 Å². The fourth-order valence-electron chi connectivity index (χ4n) is 1.51. The smallest absolute Gasteiger partial charge is 0.310 e. The Hall–Kier alpha value is -1.92. The number of aromatic nitrogens is 2. The molecule has 106 valence electrons. The molecule has 1 unspecified atom stereocenters. The van der Waals surface area contributed by atoms with Crippen LogP contribution in [0, 0.1) is 18.3 Å². The number of carboxylic acid groups (broad SMARTS) is 1. The van der Waals surface area contributed by atoms with Crippen molar-refractivity contribution < 1.29 is 19.2 Å². The first kappa shape index (κ1) is 15.1. The maximum atomic E-state index is 11.8. The van der Waals surface area contributed by atoms with Crippen molar-refractivity contribution in [2.75, 3.05) is 0 Å². The molecule has 0 bridgehead atoms. The quantitative estimate of drug-likeness (QED) is 0.802. The van der Waals surface area contributed by atoms with Crippen LogP contribution in [-0.4, -0.2) is 27.1 Å². The number of amides is 1. The normalized spacial score (nSPS) is 14.2. The molecule has 0 aromatic carbocycles. The molecular weight excluding hydrogens is 250 g/mol. The van der Waals surface area contributed by atoms with E-state index in [9.17, 15) is 14.7 Å². The van der Waals surface area contributed by atoms with E-state index in [4.69, 9.17) is 4.52 Å². The first-order chi connectivity index (χ1) is 8.75. The third-order valence-electron chi connectivity index (χ3n) is 3.30. The third-order valence-corrected chi connectivity index (χ3v) is 3.30. The Morgan fingerprint density at radius 3 is 2.53 bits per heavy atom. The lowest BCUT2D eigenvalue weighted by atomic mass is 9.76. The average molecular weight is 269 g/mol. The molecule has 0 aliphatic heterocycles. The van der Waals surface area contributed by atoms with Crippen LogP contribution in [0.2, 0.25) is 0 Å². The number of aliphatic carboxylic acids is 1. The molecule has 1 heterocycles. The number of nitrogens with one attached hydrogen (secondary N) is 1. The van der Waals surface area contributed by atoms with Crippen LogP contribution in [-0.2, 0) is 16.1 Å². The van der Waals surface area contributed by atoms with Crippen molar-refractivity contribution in [3.8, 4) is 0 Å². The zero-order chi connectivity index (χ0) is 14.6. The summed E-state index contributed by atoms with van der Waals surface area (Å²) < 4.78 is 4.77. The first-order valence-electron chi connectivity index (χ1n) is 6.05. The lowest BCUT2D eigenvalue weighted by Crippen LogP contribution is -2.39. The van der Waals surface area contributed by atoms with Crippen LogP contribution in [0.3, 0.4) is 0 Å². The molecular formula is C12H19N3O4. The molecule has 0 saturated heterocycles. The SMILES string of the molecule is Cc1nc(CNC(=O)CC(C)(C(=O)O)C(C)C)no1. The summed E-state index contributed by atoms with van der Waals surface area (Å²) in [7, 11) is 0. The van der Waals surface area contributed by atoms with Crippen LogP contribution >= 0.6 is 0 Å². The summed E-state index contributed by atoms with van der Waals surface area (Å²) in [6.07, 6.45) is -0.0865. The van der Waals surface area contributed by atoms with Crippen molar-refractivity contribution in [1.82, 2.24) is 15.5 Å². The summed E-state index contributed by atoms with van der Waals surface area (Å²) in [5.74, 6) is -0.688. The molecule has 1 atom stereocenters. The van der Waals surface area contributed by atoms with Gasteiger partial charge in [-0.05, 0) is 12.8 Å². The van der Waals surface area contributed by atoms with Gasteiger partial charge >= 0.3 is 5.97 Å². The summed E-state index contributed by atoms with van der Waals surface area (Å²) in [5, 5.41) is 15.4. The summed E-state index contributed by atoms with van der Waals surface area (Å²) in [6, 6.07) is 0. The summed E-state index contributed by atoms with van der Waals surface area (Å²) in [4.78, 5) is 27.0. The molecule has 19 heavy (non-hydrogen) atoms. The molecule has 1 aromatic heterocycles. The Balaban J connectivity index is 2.57. The summed E-state index contributed by atoms with van der Waals surface area (Å²) in [6.45, 7) is 6.91. The molecule has 0 aliphatic rings. The van der Waals surface area contributed by atoms with Crippen molar-refractivity contribution >= 4 is 11.9 Å². The molecule has 1 rings (SSSR count). The van der Waals surface area contributed by atoms with Crippen LogP contribution in [0.1, 0.15) is 38.9 Å². The van der Waals surface area contributed by atoms with E-state index in [-0.39, 0.29) is 24.8 Å². The number of nitrogens with zero attached hydrogens (tertiary/aromatic N) is 2. The highest BCUT2D eigenvalue weighted by molar-refractivity contribution is 5.84. The zero-order valence-corrected chi connectivity index (χ0v) is 11.6. The second kappa shape index (κ2) is 5.81. The van der Waals surface area contributed by atoms with Gasteiger partial charge in [0.1, 0.15) is 0 Å². The van der Waals surface area contributed by atoms with Crippen molar-refractivity contribution in [3.05, 3.63) is 11.7 Å². The number of aryl methyl sites for hydroxylation is 1. The topological polar surface area (TPSA) is 105 Å². The third kappa shape index (κ3) is 3.77. The van der Waals surface area contributed by atoms with Crippen LogP contribution in [0.4, 0.5) is 0 Å². The van der Waals surface area contributed by atoms with Gasteiger partial charge in [0.25, 0.3) is 0 Å². The van der Waals surface area contributed by atoms with E-state index in [1.54, 1.807) is 27.7 Å². The largest absolute Gasteiger partial charge is 0.481 e. The highest BCUT2D eigenvalue weighted by atomic mass is 16.5. The van der Waals surface area contributed by atoms with Gasteiger partial charge in [0.15, 0.2) is 5.82 Å². The summed E-state index contributed by atoms with van der Waals surface area (Å²) in [5.41, 5.74) is -1.09. The molecule has 1 aromatic rings. The first-order valence-corrected chi connectivity index (χ1v) is 6.05. The predicted octanol–water partition coefficient (Wildman–Crippen LogP) is 1.13. The number of hydrogen-bond donors (Lipinski definition) is 2. The lowest BCUT2D eigenvalue weighted by Gasteiger charge is -2.28. The van der Waals surface area contributed by atoms with Crippen molar-refractivity contribution in [1.29, 1.82) is 0 Å². The van der Waals surface area contributed by atoms with Crippen molar-refractivity contribution in [2.24, 2.45) is 11.3 Å². The van der Waals surface area contributed by atoms with Crippen LogP contribution in [0.25, 0.3) is 0 Å². The van der Waals surface area contributed by atoms with Gasteiger partial charge in [-0.25, -0.2) is 0 Å². The van der Waals surface area contributed by atoms with E-state index in [1.807, 2.05) is 0 Å². The van der Waals surface area contributed by atoms with Crippen molar-refractivity contribution in [2.45, 2.75) is 40.7 Å². The molecule has 0 fully saturated rings.